The summed E-state index contributed by atoms with van der Waals surface area (Å²) in [4.78, 5) is 6.61. The Balaban J connectivity index is 0.00000312. The van der Waals surface area contributed by atoms with Crippen LogP contribution in [0, 0.1) is 5.82 Å². The molecule has 0 saturated heterocycles. The summed E-state index contributed by atoms with van der Waals surface area (Å²) in [7, 11) is 4.01. The zero-order valence-electron chi connectivity index (χ0n) is 14.8. The molecular weight excluding hydrogens is 434 g/mol. The van der Waals surface area contributed by atoms with Crippen molar-refractivity contribution in [1.82, 2.24) is 15.5 Å². The lowest BCUT2D eigenvalue weighted by Crippen LogP contribution is -2.41. The third-order valence-electron chi connectivity index (χ3n) is 3.66. The highest BCUT2D eigenvalue weighted by Crippen LogP contribution is 2.17. The molecular formula is C18H26FIN4O. The number of halogens is 2. The van der Waals surface area contributed by atoms with E-state index in [1.165, 1.54) is 12.1 Å². The van der Waals surface area contributed by atoms with E-state index in [9.17, 15) is 4.39 Å². The van der Waals surface area contributed by atoms with E-state index < -0.39 is 0 Å². The van der Waals surface area contributed by atoms with Gasteiger partial charge in [0.1, 0.15) is 18.1 Å². The van der Waals surface area contributed by atoms with Crippen LogP contribution in [0.5, 0.6) is 0 Å². The lowest BCUT2D eigenvalue weighted by atomic mass is 10.1. The van der Waals surface area contributed by atoms with Gasteiger partial charge in [0.15, 0.2) is 5.96 Å². The van der Waals surface area contributed by atoms with E-state index >= 15 is 0 Å². The van der Waals surface area contributed by atoms with Gasteiger partial charge in [-0.25, -0.2) is 9.38 Å². The first-order valence-electron chi connectivity index (χ1n) is 8.06. The molecule has 1 unspecified atom stereocenters. The molecule has 0 radical (unpaired) electrons. The first-order valence-corrected chi connectivity index (χ1v) is 8.06. The summed E-state index contributed by atoms with van der Waals surface area (Å²) in [6.07, 6.45) is 1.64. The van der Waals surface area contributed by atoms with Gasteiger partial charge < -0.3 is 20.0 Å². The van der Waals surface area contributed by atoms with Gasteiger partial charge in [-0.15, -0.1) is 24.0 Å². The molecule has 0 aliphatic carbocycles. The second-order valence-corrected chi connectivity index (χ2v) is 5.69. The smallest absolute Gasteiger partial charge is 0.191 e. The van der Waals surface area contributed by atoms with Gasteiger partial charge >= 0.3 is 0 Å². The van der Waals surface area contributed by atoms with Gasteiger partial charge in [-0.2, -0.15) is 0 Å². The summed E-state index contributed by atoms with van der Waals surface area (Å²) in [6.45, 7) is 3.93. The van der Waals surface area contributed by atoms with Gasteiger partial charge in [-0.1, -0.05) is 12.1 Å². The SMILES string of the molecule is CCNC(=NCc1ccco1)NCC(c1ccc(F)cc1)N(C)C.I. The number of aliphatic imine (C=N–C) groups is 1. The highest BCUT2D eigenvalue weighted by atomic mass is 127. The standard InChI is InChI=1S/C18H25FN4O.HI/c1-4-20-18(21-12-16-6-5-11-24-16)22-13-17(23(2)3)14-7-9-15(19)10-8-14;/h5-11,17H,4,12-13H2,1-3H3,(H2,20,21,22);1H. The molecule has 0 aliphatic heterocycles. The van der Waals surface area contributed by atoms with Crippen molar-refractivity contribution < 1.29 is 8.81 Å². The largest absolute Gasteiger partial charge is 0.467 e. The number of guanidine groups is 1. The third kappa shape index (κ3) is 7.03. The van der Waals surface area contributed by atoms with Crippen molar-refractivity contribution in [3.63, 3.8) is 0 Å². The Hall–Kier alpha value is -1.61. The number of likely N-dealkylation sites (N-methyl/N-ethyl adjacent to an activating group) is 1. The number of rotatable bonds is 7. The number of nitrogens with zero attached hydrogens (tertiary/aromatic N) is 2. The van der Waals surface area contributed by atoms with Gasteiger partial charge in [0, 0.05) is 13.1 Å². The van der Waals surface area contributed by atoms with E-state index in [4.69, 9.17) is 4.42 Å². The summed E-state index contributed by atoms with van der Waals surface area (Å²) in [5.41, 5.74) is 1.05. The minimum atomic E-state index is -0.224. The molecule has 5 nitrogen and oxygen atoms in total. The Morgan fingerprint density at radius 3 is 2.48 bits per heavy atom. The maximum Gasteiger partial charge on any atom is 0.191 e. The van der Waals surface area contributed by atoms with Crippen LogP contribution in [0.15, 0.2) is 52.1 Å². The zero-order chi connectivity index (χ0) is 17.4. The molecule has 138 valence electrons. The normalized spacial score (nSPS) is 12.6. The number of benzene rings is 1. The zero-order valence-corrected chi connectivity index (χ0v) is 17.2. The number of hydrogen-bond acceptors (Lipinski definition) is 3. The van der Waals surface area contributed by atoms with Crippen LogP contribution in [-0.2, 0) is 6.54 Å². The lowest BCUT2D eigenvalue weighted by molar-refractivity contribution is 0.298. The second-order valence-electron chi connectivity index (χ2n) is 5.69. The minimum absolute atomic E-state index is 0. The molecule has 0 bridgehead atoms. The fourth-order valence-electron chi connectivity index (χ4n) is 2.38. The first kappa shape index (κ1) is 21.4. The van der Waals surface area contributed by atoms with Crippen LogP contribution in [0.3, 0.4) is 0 Å². The summed E-state index contributed by atoms with van der Waals surface area (Å²) >= 11 is 0. The van der Waals surface area contributed by atoms with Gasteiger partial charge in [-0.3, -0.25) is 0 Å². The fourth-order valence-corrected chi connectivity index (χ4v) is 2.38. The molecule has 1 aromatic heterocycles. The van der Waals surface area contributed by atoms with Crippen LogP contribution in [0.4, 0.5) is 4.39 Å². The van der Waals surface area contributed by atoms with Crippen molar-refractivity contribution in [2.75, 3.05) is 27.2 Å². The maximum atomic E-state index is 13.1. The predicted octanol–water partition coefficient (Wildman–Crippen LogP) is 3.39. The summed E-state index contributed by atoms with van der Waals surface area (Å²) in [5, 5.41) is 6.56. The first-order chi connectivity index (χ1) is 11.6. The molecule has 0 spiro atoms. The van der Waals surface area contributed by atoms with Gasteiger partial charge in [-0.05, 0) is 50.8 Å². The van der Waals surface area contributed by atoms with Crippen LogP contribution >= 0.6 is 24.0 Å². The molecule has 2 aromatic rings. The van der Waals surface area contributed by atoms with Crippen molar-refractivity contribution >= 4 is 29.9 Å². The summed E-state index contributed by atoms with van der Waals surface area (Å²) in [5.74, 6) is 1.32. The summed E-state index contributed by atoms with van der Waals surface area (Å²) in [6, 6.07) is 10.5. The van der Waals surface area contributed by atoms with Crippen molar-refractivity contribution in [2.24, 2.45) is 4.99 Å². The van der Waals surface area contributed by atoms with E-state index in [-0.39, 0.29) is 35.8 Å². The Morgan fingerprint density at radius 1 is 1.20 bits per heavy atom. The van der Waals surface area contributed by atoms with E-state index in [0.717, 1.165) is 23.8 Å². The lowest BCUT2D eigenvalue weighted by Gasteiger charge is -2.26. The molecule has 2 rings (SSSR count). The Labute approximate surface area is 165 Å². The Bertz CT molecular complexity index is 629. The van der Waals surface area contributed by atoms with E-state index in [1.54, 1.807) is 6.26 Å². The third-order valence-corrected chi connectivity index (χ3v) is 3.66. The minimum Gasteiger partial charge on any atom is -0.467 e. The average molecular weight is 460 g/mol. The van der Waals surface area contributed by atoms with Crippen LogP contribution in [0.25, 0.3) is 0 Å². The predicted molar refractivity (Wildman–Crippen MR) is 110 cm³/mol. The van der Waals surface area contributed by atoms with Gasteiger partial charge in [0.2, 0.25) is 0 Å². The van der Waals surface area contributed by atoms with E-state index in [0.29, 0.717) is 13.1 Å². The maximum absolute atomic E-state index is 13.1. The number of furan rings is 1. The molecule has 1 aromatic carbocycles. The highest BCUT2D eigenvalue weighted by molar-refractivity contribution is 14.0. The van der Waals surface area contributed by atoms with Crippen molar-refractivity contribution in [1.29, 1.82) is 0 Å². The number of hydrogen-bond donors (Lipinski definition) is 2. The molecule has 2 N–H and O–H groups in total. The topological polar surface area (TPSA) is 52.8 Å². The molecule has 7 heteroatoms. The van der Waals surface area contributed by atoms with Crippen LogP contribution in [-0.4, -0.2) is 38.0 Å². The van der Waals surface area contributed by atoms with Crippen LogP contribution < -0.4 is 10.6 Å². The van der Waals surface area contributed by atoms with Gasteiger partial charge in [0.25, 0.3) is 0 Å². The molecule has 1 heterocycles. The van der Waals surface area contributed by atoms with Crippen molar-refractivity contribution in [2.45, 2.75) is 19.5 Å². The Morgan fingerprint density at radius 2 is 1.92 bits per heavy atom. The quantitative estimate of drug-likeness (QED) is 0.378. The monoisotopic (exact) mass is 460 g/mol. The Kier molecular flexibility index (Phi) is 9.51. The van der Waals surface area contributed by atoms with Gasteiger partial charge in [0.05, 0.1) is 12.3 Å². The summed E-state index contributed by atoms with van der Waals surface area (Å²) < 4.78 is 18.4. The molecule has 0 amide bonds. The average Bonchev–Trinajstić information content (AvgIpc) is 3.07. The second kappa shape index (κ2) is 11.1. The van der Waals surface area contributed by atoms with E-state index in [2.05, 4.69) is 20.5 Å². The molecule has 0 fully saturated rings. The molecule has 25 heavy (non-hydrogen) atoms. The molecule has 0 aliphatic rings. The molecule has 0 saturated carbocycles. The van der Waals surface area contributed by atoms with Crippen molar-refractivity contribution in [3.05, 3.63) is 59.8 Å². The van der Waals surface area contributed by atoms with Crippen LogP contribution in [0.1, 0.15) is 24.3 Å². The van der Waals surface area contributed by atoms with Crippen molar-refractivity contribution in [3.8, 4) is 0 Å². The fraction of sp³-hybridized carbons (Fsp3) is 0.389. The highest BCUT2D eigenvalue weighted by Gasteiger charge is 2.14. The number of nitrogens with one attached hydrogen (secondary N) is 2. The molecule has 1 atom stereocenters. The van der Waals surface area contributed by atoms with Crippen LogP contribution in [0.2, 0.25) is 0 Å². The van der Waals surface area contributed by atoms with E-state index in [1.807, 2.05) is 45.3 Å².